The Balaban J connectivity index is 1.43. The summed E-state index contributed by atoms with van der Waals surface area (Å²) in [7, 11) is 0. The minimum Gasteiger partial charge on any atom is -0.370 e. The van der Waals surface area contributed by atoms with Crippen molar-refractivity contribution in [1.29, 1.82) is 0 Å². The quantitative estimate of drug-likeness (QED) is 0.705. The third kappa shape index (κ3) is 2.67. The van der Waals surface area contributed by atoms with Gasteiger partial charge < -0.3 is 10.2 Å². The number of benzene rings is 2. The molecule has 0 fully saturated rings. The second-order valence-electron chi connectivity index (χ2n) is 9.13. The van der Waals surface area contributed by atoms with E-state index in [0.717, 1.165) is 24.3 Å². The highest BCUT2D eigenvalue weighted by atomic mass is 16.1. The zero-order valence-corrected chi connectivity index (χ0v) is 16.8. The zero-order chi connectivity index (χ0) is 19.5. The van der Waals surface area contributed by atoms with Gasteiger partial charge in [-0.2, -0.15) is 0 Å². The third-order valence-electron chi connectivity index (χ3n) is 7.26. The largest absolute Gasteiger partial charge is 0.370 e. The van der Waals surface area contributed by atoms with Crippen LogP contribution in [0.5, 0.6) is 0 Å². The van der Waals surface area contributed by atoms with Gasteiger partial charge in [0.1, 0.15) is 0 Å². The molecule has 1 amide bonds. The molecule has 0 saturated carbocycles. The van der Waals surface area contributed by atoms with Crippen LogP contribution >= 0.6 is 0 Å². The maximum atomic E-state index is 12.9. The molecular weight excluding hydrogens is 356 g/mol. The van der Waals surface area contributed by atoms with E-state index in [2.05, 4.69) is 46.7 Å². The molecule has 2 heterocycles. The summed E-state index contributed by atoms with van der Waals surface area (Å²) in [5, 5.41) is 3.20. The number of carbonyl (C=O) groups is 1. The number of nitrogens with zero attached hydrogens (tertiary/aromatic N) is 1. The van der Waals surface area contributed by atoms with Crippen molar-refractivity contribution in [2.75, 3.05) is 23.3 Å². The normalized spacial score (nSPS) is 28.1. The van der Waals surface area contributed by atoms with Crippen LogP contribution in [0.25, 0.3) is 0 Å². The Morgan fingerprint density at radius 1 is 0.931 bits per heavy atom. The first-order chi connectivity index (χ1) is 14.2. The molecule has 3 nitrogen and oxygen atoms in total. The van der Waals surface area contributed by atoms with E-state index < -0.39 is 0 Å². The number of allylic oxidation sites excluding steroid dienone is 4. The molecule has 4 atom stereocenters. The van der Waals surface area contributed by atoms with E-state index in [4.69, 9.17) is 0 Å². The fourth-order valence-electron chi connectivity index (χ4n) is 5.86. The van der Waals surface area contributed by atoms with Crippen molar-refractivity contribution in [3.05, 3.63) is 83.0 Å². The monoisotopic (exact) mass is 382 g/mol. The summed E-state index contributed by atoms with van der Waals surface area (Å²) in [4.78, 5) is 15.5. The molecule has 0 saturated heterocycles. The standard InChI is InChI=1S/C26H26N2O/c1-16-8-10-17(11-9-16)26(29)27-20-12-23-21-6-2-4-18(21)14-28-15-19-5-3-7-22(19)24(13-20)25(23)28/h2-3,6-13,18-19,21-22H,4-5,14-15H2,1H3,(H,27,29)/t18-,19+,21+,22-. The van der Waals surface area contributed by atoms with Gasteiger partial charge in [-0.3, -0.25) is 4.79 Å². The molecule has 29 heavy (non-hydrogen) atoms. The predicted molar refractivity (Wildman–Crippen MR) is 118 cm³/mol. The maximum Gasteiger partial charge on any atom is 0.255 e. The number of fused-ring (bicyclic) bond motifs is 4. The van der Waals surface area contributed by atoms with Crippen LogP contribution < -0.4 is 10.2 Å². The van der Waals surface area contributed by atoms with Gasteiger partial charge in [-0.25, -0.2) is 0 Å². The molecule has 2 aliphatic heterocycles. The minimum atomic E-state index is -0.0300. The molecule has 0 aromatic heterocycles. The molecule has 2 aliphatic carbocycles. The predicted octanol–water partition coefficient (Wildman–Crippen LogP) is 5.40. The van der Waals surface area contributed by atoms with E-state index >= 15 is 0 Å². The van der Waals surface area contributed by atoms with Crippen molar-refractivity contribution in [3.63, 3.8) is 0 Å². The second kappa shape index (κ2) is 6.35. The first kappa shape index (κ1) is 17.1. The van der Waals surface area contributed by atoms with Gasteiger partial charge in [-0.05, 0) is 67.0 Å². The summed E-state index contributed by atoms with van der Waals surface area (Å²) in [5.41, 5.74) is 7.07. The van der Waals surface area contributed by atoms with Crippen molar-refractivity contribution in [2.24, 2.45) is 11.8 Å². The zero-order valence-electron chi connectivity index (χ0n) is 16.8. The number of nitrogens with one attached hydrogen (secondary N) is 1. The van der Waals surface area contributed by atoms with Gasteiger partial charge >= 0.3 is 0 Å². The van der Waals surface area contributed by atoms with E-state index in [-0.39, 0.29) is 5.91 Å². The molecule has 0 bridgehead atoms. The number of carbonyl (C=O) groups excluding carboxylic acids is 1. The van der Waals surface area contributed by atoms with Crippen LogP contribution in [-0.2, 0) is 0 Å². The van der Waals surface area contributed by atoms with E-state index in [1.54, 1.807) is 0 Å². The molecule has 6 rings (SSSR count). The smallest absolute Gasteiger partial charge is 0.255 e. The van der Waals surface area contributed by atoms with E-state index in [0.29, 0.717) is 29.2 Å². The average molecular weight is 383 g/mol. The summed E-state index contributed by atoms with van der Waals surface area (Å²) >= 11 is 0. The van der Waals surface area contributed by atoms with Crippen LogP contribution in [0.15, 0.2) is 60.7 Å². The number of hydrogen-bond donors (Lipinski definition) is 1. The van der Waals surface area contributed by atoms with Gasteiger partial charge in [0.05, 0.1) is 0 Å². The van der Waals surface area contributed by atoms with Gasteiger partial charge in [0.25, 0.3) is 5.91 Å². The van der Waals surface area contributed by atoms with Crippen LogP contribution in [0, 0.1) is 18.8 Å². The topological polar surface area (TPSA) is 32.3 Å². The summed E-state index contributed by atoms with van der Waals surface area (Å²) in [6.07, 6.45) is 11.8. The molecule has 4 aliphatic rings. The van der Waals surface area contributed by atoms with Crippen LogP contribution in [0.2, 0.25) is 0 Å². The Hall–Kier alpha value is -2.81. The highest BCUT2D eigenvalue weighted by Crippen LogP contribution is 2.53. The van der Waals surface area contributed by atoms with Crippen molar-refractivity contribution < 1.29 is 4.79 Å². The van der Waals surface area contributed by atoms with Gasteiger partial charge in [-0.15, -0.1) is 0 Å². The fraction of sp³-hybridized carbons (Fsp3) is 0.346. The Morgan fingerprint density at radius 2 is 1.52 bits per heavy atom. The van der Waals surface area contributed by atoms with Crippen molar-refractivity contribution >= 4 is 17.3 Å². The lowest BCUT2D eigenvalue weighted by molar-refractivity contribution is 0.102. The third-order valence-corrected chi connectivity index (χ3v) is 7.26. The van der Waals surface area contributed by atoms with E-state index in [9.17, 15) is 4.79 Å². The van der Waals surface area contributed by atoms with Gasteiger partial charge in [0.2, 0.25) is 0 Å². The van der Waals surface area contributed by atoms with Crippen molar-refractivity contribution in [3.8, 4) is 0 Å². The SMILES string of the molecule is Cc1ccc(C(=O)Nc2cc3c4c(c2)[C@@H]2C=CC[C@H]2CN4C[C@H]2CC=C[C@H]32)cc1. The summed E-state index contributed by atoms with van der Waals surface area (Å²) in [6.45, 7) is 4.37. The summed E-state index contributed by atoms with van der Waals surface area (Å²) in [5.74, 6) is 2.28. The molecule has 0 spiro atoms. The molecule has 146 valence electrons. The molecule has 3 heteroatoms. The lowest BCUT2D eigenvalue weighted by atomic mass is 9.75. The Bertz CT molecular complexity index is 998. The molecule has 0 unspecified atom stereocenters. The van der Waals surface area contributed by atoms with Crippen LogP contribution in [0.3, 0.4) is 0 Å². The highest BCUT2D eigenvalue weighted by Gasteiger charge is 2.42. The number of aryl methyl sites for hydroxylation is 1. The minimum absolute atomic E-state index is 0.0300. The molecule has 0 radical (unpaired) electrons. The Labute approximate surface area is 172 Å². The van der Waals surface area contributed by atoms with Crippen LogP contribution in [0.4, 0.5) is 11.4 Å². The first-order valence-corrected chi connectivity index (χ1v) is 10.8. The number of anilines is 2. The van der Waals surface area contributed by atoms with Gasteiger partial charge in [-0.1, -0.05) is 42.0 Å². The van der Waals surface area contributed by atoms with E-state index in [1.807, 2.05) is 31.2 Å². The summed E-state index contributed by atoms with van der Waals surface area (Å²) < 4.78 is 0. The van der Waals surface area contributed by atoms with Crippen molar-refractivity contribution in [2.45, 2.75) is 31.6 Å². The molecule has 1 N–H and O–H groups in total. The number of hydrogen-bond acceptors (Lipinski definition) is 2. The molecular formula is C26H26N2O. The number of amides is 1. The number of rotatable bonds is 2. The Kier molecular flexibility index (Phi) is 3.74. The molecule has 2 aromatic carbocycles. The Morgan fingerprint density at radius 3 is 2.10 bits per heavy atom. The first-order valence-electron chi connectivity index (χ1n) is 10.8. The van der Waals surface area contributed by atoms with E-state index in [1.165, 1.54) is 29.7 Å². The molecule has 2 aromatic rings. The van der Waals surface area contributed by atoms with Gasteiger partial charge in [0.15, 0.2) is 0 Å². The lowest BCUT2D eigenvalue weighted by Gasteiger charge is -2.46. The lowest BCUT2D eigenvalue weighted by Crippen LogP contribution is -2.43. The van der Waals surface area contributed by atoms with Crippen LogP contribution in [0.1, 0.15) is 51.7 Å². The van der Waals surface area contributed by atoms with Crippen molar-refractivity contribution in [1.82, 2.24) is 0 Å². The second-order valence-corrected chi connectivity index (χ2v) is 9.13. The maximum absolute atomic E-state index is 12.9. The van der Waals surface area contributed by atoms with Gasteiger partial charge in [0, 0.05) is 41.9 Å². The fourth-order valence-corrected chi connectivity index (χ4v) is 5.86. The highest BCUT2D eigenvalue weighted by molar-refractivity contribution is 6.04. The average Bonchev–Trinajstić information content (AvgIpc) is 3.38. The van der Waals surface area contributed by atoms with Crippen LogP contribution in [-0.4, -0.2) is 19.0 Å². The summed E-state index contributed by atoms with van der Waals surface area (Å²) in [6, 6.07) is 12.3.